The molecule has 1 nitrogen and oxygen atoms in total. The van der Waals surface area contributed by atoms with Crippen LogP contribution in [0.15, 0.2) is 102 Å². The van der Waals surface area contributed by atoms with Gasteiger partial charge in [0.25, 0.3) is 0 Å². The van der Waals surface area contributed by atoms with Crippen molar-refractivity contribution in [3.63, 3.8) is 0 Å². The lowest BCUT2D eigenvalue weighted by molar-refractivity contribution is 0.167. The van der Waals surface area contributed by atoms with Crippen LogP contribution in [0.4, 0.5) is 0 Å². The van der Waals surface area contributed by atoms with Crippen LogP contribution in [0.3, 0.4) is 0 Å². The molecule has 0 radical (unpaired) electrons. The van der Waals surface area contributed by atoms with E-state index in [1.165, 1.54) is 32.0 Å². The van der Waals surface area contributed by atoms with Gasteiger partial charge < -0.3 is 4.74 Å². The van der Waals surface area contributed by atoms with Crippen LogP contribution in [0.25, 0.3) is 27.6 Å². The number of thiophene rings is 1. The molecule has 0 spiro atoms. The van der Waals surface area contributed by atoms with Crippen molar-refractivity contribution in [1.29, 1.82) is 0 Å². The third-order valence-electron chi connectivity index (χ3n) is 5.76. The van der Waals surface area contributed by atoms with E-state index in [2.05, 4.69) is 109 Å². The largest absolute Gasteiger partial charge is 0.472 e. The molecule has 2 heteroatoms. The van der Waals surface area contributed by atoms with Gasteiger partial charge in [-0.2, -0.15) is 0 Å². The Morgan fingerprint density at radius 3 is 2.24 bits per heavy atom. The van der Waals surface area contributed by atoms with Gasteiger partial charge in [-0.15, -0.1) is 11.3 Å². The lowest BCUT2D eigenvalue weighted by atomic mass is 9.85. The normalized spacial score (nSPS) is 17.9. The average Bonchev–Trinajstić information content (AvgIpc) is 3.34. The van der Waals surface area contributed by atoms with Gasteiger partial charge in [-0.05, 0) is 51.2 Å². The number of fused-ring (bicyclic) bond motifs is 4. The minimum atomic E-state index is -0.634. The van der Waals surface area contributed by atoms with Crippen molar-refractivity contribution < 1.29 is 4.74 Å². The van der Waals surface area contributed by atoms with E-state index in [0.717, 1.165) is 11.3 Å². The van der Waals surface area contributed by atoms with Crippen LogP contribution >= 0.6 is 11.3 Å². The fourth-order valence-corrected chi connectivity index (χ4v) is 5.25. The quantitative estimate of drug-likeness (QED) is 0.305. The Hall–Kier alpha value is -3.36. The van der Waals surface area contributed by atoms with Crippen molar-refractivity contribution in [3.05, 3.63) is 118 Å². The Morgan fingerprint density at radius 2 is 1.41 bits per heavy atom. The lowest BCUT2D eigenvalue weighted by Gasteiger charge is -2.36. The number of rotatable bonds is 2. The first-order chi connectivity index (χ1) is 14.4. The minimum absolute atomic E-state index is 0.634. The van der Waals surface area contributed by atoms with Crippen molar-refractivity contribution in [2.75, 3.05) is 0 Å². The van der Waals surface area contributed by atoms with Crippen molar-refractivity contribution in [1.82, 2.24) is 0 Å². The zero-order chi connectivity index (χ0) is 19.3. The molecule has 1 aliphatic heterocycles. The van der Waals surface area contributed by atoms with Gasteiger partial charge in [0, 0.05) is 11.1 Å². The molecule has 0 saturated heterocycles. The second-order valence-corrected chi connectivity index (χ2v) is 8.32. The van der Waals surface area contributed by atoms with Gasteiger partial charge in [0.15, 0.2) is 5.60 Å². The van der Waals surface area contributed by atoms with Crippen LogP contribution in [0.5, 0.6) is 5.75 Å². The fraction of sp³-hybridized carbons (Fsp3) is 0.0370. The van der Waals surface area contributed by atoms with Gasteiger partial charge >= 0.3 is 0 Å². The van der Waals surface area contributed by atoms with Crippen LogP contribution < -0.4 is 4.74 Å². The summed E-state index contributed by atoms with van der Waals surface area (Å²) in [5.74, 6) is 0.924. The summed E-state index contributed by atoms with van der Waals surface area (Å²) >= 11 is 1.73. The maximum atomic E-state index is 6.89. The second-order valence-electron chi connectivity index (χ2n) is 7.37. The highest BCUT2D eigenvalue weighted by atomic mass is 32.1. The zero-order valence-corrected chi connectivity index (χ0v) is 16.5. The highest BCUT2D eigenvalue weighted by Gasteiger charge is 2.39. The maximum Gasteiger partial charge on any atom is 0.187 e. The standard InChI is InChI=1S/C27H18OS/c1-3-10-21-20(8-1)14-15-25-23(21)16-17-27(28-25,26-13-6-18-29-26)24-12-5-9-19-7-2-4-11-22(19)24/h1-18H. The van der Waals surface area contributed by atoms with E-state index in [4.69, 9.17) is 4.74 Å². The molecule has 138 valence electrons. The molecule has 29 heavy (non-hydrogen) atoms. The van der Waals surface area contributed by atoms with E-state index in [-0.39, 0.29) is 0 Å². The Labute approximate surface area is 173 Å². The summed E-state index contributed by atoms with van der Waals surface area (Å²) in [5, 5.41) is 7.02. The molecule has 0 aliphatic carbocycles. The van der Waals surface area contributed by atoms with E-state index in [1.807, 2.05) is 0 Å². The Kier molecular flexibility index (Phi) is 3.62. The summed E-state index contributed by atoms with van der Waals surface area (Å²) in [4.78, 5) is 1.18. The van der Waals surface area contributed by atoms with Crippen LogP contribution in [0, 0.1) is 0 Å². The van der Waals surface area contributed by atoms with Crippen molar-refractivity contribution in [2.45, 2.75) is 5.60 Å². The van der Waals surface area contributed by atoms with Gasteiger partial charge in [-0.1, -0.05) is 78.9 Å². The van der Waals surface area contributed by atoms with E-state index in [0.29, 0.717) is 0 Å². The van der Waals surface area contributed by atoms with E-state index in [1.54, 1.807) is 11.3 Å². The van der Waals surface area contributed by atoms with Crippen molar-refractivity contribution in [2.24, 2.45) is 0 Å². The molecule has 1 atom stereocenters. The molecular weight excluding hydrogens is 372 g/mol. The maximum absolute atomic E-state index is 6.89. The highest BCUT2D eigenvalue weighted by Crippen LogP contribution is 2.47. The van der Waals surface area contributed by atoms with Crippen LogP contribution in [0.2, 0.25) is 0 Å². The summed E-state index contributed by atoms with van der Waals surface area (Å²) in [6.45, 7) is 0. The Bertz CT molecular complexity index is 1380. The summed E-state index contributed by atoms with van der Waals surface area (Å²) in [6.07, 6.45) is 4.47. The third kappa shape index (κ3) is 2.46. The first-order valence-corrected chi connectivity index (χ1v) is 10.7. The predicted molar refractivity (Wildman–Crippen MR) is 123 cm³/mol. The molecule has 1 aliphatic rings. The summed E-state index contributed by atoms with van der Waals surface area (Å²) in [7, 11) is 0. The molecule has 0 amide bonds. The first kappa shape index (κ1) is 16.6. The monoisotopic (exact) mass is 390 g/mol. The lowest BCUT2D eigenvalue weighted by Crippen LogP contribution is -2.33. The van der Waals surface area contributed by atoms with Gasteiger partial charge in [0.05, 0.1) is 4.88 Å². The summed E-state index contributed by atoms with van der Waals surface area (Å²) in [5.41, 5.74) is 1.69. The van der Waals surface area contributed by atoms with Crippen LogP contribution in [-0.2, 0) is 5.60 Å². The van der Waals surface area contributed by atoms with E-state index >= 15 is 0 Å². The minimum Gasteiger partial charge on any atom is -0.472 e. The smallest absolute Gasteiger partial charge is 0.187 e. The van der Waals surface area contributed by atoms with Crippen molar-refractivity contribution in [3.8, 4) is 5.75 Å². The molecule has 0 saturated carbocycles. The number of hydrogen-bond acceptors (Lipinski definition) is 2. The molecule has 0 N–H and O–H groups in total. The summed E-state index contributed by atoms with van der Waals surface area (Å²) < 4.78 is 6.89. The first-order valence-electron chi connectivity index (χ1n) is 9.77. The topological polar surface area (TPSA) is 9.23 Å². The highest BCUT2D eigenvalue weighted by molar-refractivity contribution is 7.10. The molecule has 5 aromatic rings. The SMILES string of the molecule is C1=CC(c2cccs2)(c2cccc3ccccc23)Oc2ccc3ccccc3c21. The molecule has 0 bridgehead atoms. The molecule has 1 aromatic heterocycles. The second kappa shape index (κ2) is 6.33. The van der Waals surface area contributed by atoms with Gasteiger partial charge in [0.2, 0.25) is 0 Å². The summed E-state index contributed by atoms with van der Waals surface area (Å²) in [6, 6.07) is 32.0. The van der Waals surface area contributed by atoms with Gasteiger partial charge in [0.1, 0.15) is 5.75 Å². The fourth-order valence-electron chi connectivity index (χ4n) is 4.39. The molecular formula is C27H18OS. The average molecular weight is 391 g/mol. The molecule has 4 aromatic carbocycles. The van der Waals surface area contributed by atoms with Crippen LogP contribution in [-0.4, -0.2) is 0 Å². The number of ether oxygens (including phenoxy) is 1. The van der Waals surface area contributed by atoms with E-state index in [9.17, 15) is 0 Å². The number of benzene rings is 4. The molecule has 0 fully saturated rings. The van der Waals surface area contributed by atoms with Crippen molar-refractivity contribution >= 4 is 39.0 Å². The van der Waals surface area contributed by atoms with Gasteiger partial charge in [-0.3, -0.25) is 0 Å². The predicted octanol–water partition coefficient (Wildman–Crippen LogP) is 7.40. The molecule has 6 rings (SSSR count). The van der Waals surface area contributed by atoms with E-state index < -0.39 is 5.60 Å². The molecule has 1 unspecified atom stereocenters. The third-order valence-corrected chi connectivity index (χ3v) is 6.75. The zero-order valence-electron chi connectivity index (χ0n) is 15.7. The Balaban J connectivity index is 1.64. The van der Waals surface area contributed by atoms with Crippen LogP contribution in [0.1, 0.15) is 16.0 Å². The van der Waals surface area contributed by atoms with Gasteiger partial charge in [-0.25, -0.2) is 0 Å². The Morgan fingerprint density at radius 1 is 0.655 bits per heavy atom. The number of hydrogen-bond donors (Lipinski definition) is 0. The molecule has 2 heterocycles.